The van der Waals surface area contributed by atoms with Gasteiger partial charge in [0.2, 0.25) is 0 Å². The third-order valence-electron chi connectivity index (χ3n) is 4.02. The Kier molecular flexibility index (Phi) is 4.88. The Bertz CT molecular complexity index is 972. The lowest BCUT2D eigenvalue weighted by Crippen LogP contribution is -2.05. The topological polar surface area (TPSA) is 93.6 Å². The van der Waals surface area contributed by atoms with E-state index >= 15 is 0 Å². The van der Waals surface area contributed by atoms with Crippen LogP contribution in [-0.4, -0.2) is 35.3 Å². The molecule has 0 bridgehead atoms. The minimum atomic E-state index is -1.06. The molecule has 1 aromatic carbocycles. The van der Waals surface area contributed by atoms with Gasteiger partial charge in [-0.05, 0) is 42.3 Å². The van der Waals surface area contributed by atoms with Gasteiger partial charge in [-0.2, -0.15) is 0 Å². The van der Waals surface area contributed by atoms with E-state index in [9.17, 15) is 4.79 Å². The largest absolute Gasteiger partial charge is 0.493 e. The quantitative estimate of drug-likeness (QED) is 0.702. The van der Waals surface area contributed by atoms with Gasteiger partial charge in [0.15, 0.2) is 11.5 Å². The number of nitrogens with zero attached hydrogens (tertiary/aromatic N) is 2. The monoisotopic (exact) mass is 353 g/mol. The van der Waals surface area contributed by atoms with Gasteiger partial charge in [-0.25, -0.2) is 14.8 Å². The van der Waals surface area contributed by atoms with Crippen molar-refractivity contribution in [3.05, 3.63) is 53.3 Å². The number of carbonyl (C=O) groups is 1. The first-order valence-electron chi connectivity index (χ1n) is 7.97. The fraction of sp³-hybridized carbons (Fsp3) is 0.211. The number of benzene rings is 1. The first-order chi connectivity index (χ1) is 12.5. The lowest BCUT2D eigenvalue weighted by atomic mass is 10.1. The second-order valence-electron chi connectivity index (χ2n) is 5.76. The van der Waals surface area contributed by atoms with Gasteiger partial charge in [-0.15, -0.1) is 0 Å². The summed E-state index contributed by atoms with van der Waals surface area (Å²) in [6, 6.07) is 9.13. The van der Waals surface area contributed by atoms with E-state index in [1.54, 1.807) is 14.2 Å². The van der Waals surface area contributed by atoms with Crippen LogP contribution in [0.5, 0.6) is 11.5 Å². The minimum absolute atomic E-state index is 0.00439. The first-order valence-corrected chi connectivity index (χ1v) is 7.97. The highest BCUT2D eigenvalue weighted by atomic mass is 16.5. The molecule has 0 aliphatic carbocycles. The highest BCUT2D eigenvalue weighted by Gasteiger charge is 2.10. The molecule has 0 saturated heterocycles. The predicted octanol–water partition coefficient (Wildman–Crippen LogP) is 3.27. The average molecular weight is 353 g/mol. The van der Waals surface area contributed by atoms with E-state index in [0.717, 1.165) is 22.3 Å². The second-order valence-corrected chi connectivity index (χ2v) is 5.76. The van der Waals surface area contributed by atoms with Crippen LogP contribution in [0.15, 0.2) is 36.5 Å². The summed E-state index contributed by atoms with van der Waals surface area (Å²) in [6.45, 7) is 2.48. The van der Waals surface area contributed by atoms with Crippen molar-refractivity contribution < 1.29 is 19.4 Å². The number of pyridine rings is 2. The molecule has 0 unspecified atom stereocenters. The van der Waals surface area contributed by atoms with Crippen LogP contribution in [0.4, 0.5) is 5.82 Å². The molecule has 0 amide bonds. The number of hydrogen-bond acceptors (Lipinski definition) is 6. The van der Waals surface area contributed by atoms with Gasteiger partial charge >= 0.3 is 5.97 Å². The van der Waals surface area contributed by atoms with E-state index < -0.39 is 5.97 Å². The van der Waals surface area contributed by atoms with Gasteiger partial charge in [0.05, 0.1) is 25.9 Å². The molecule has 7 nitrogen and oxygen atoms in total. The smallest absolute Gasteiger partial charge is 0.354 e. The van der Waals surface area contributed by atoms with Crippen molar-refractivity contribution in [1.82, 2.24) is 9.97 Å². The van der Waals surface area contributed by atoms with Crippen LogP contribution in [-0.2, 0) is 6.54 Å². The van der Waals surface area contributed by atoms with Gasteiger partial charge in [0.25, 0.3) is 0 Å². The Morgan fingerprint density at radius 3 is 2.62 bits per heavy atom. The number of hydrogen-bond donors (Lipinski definition) is 2. The fourth-order valence-corrected chi connectivity index (χ4v) is 2.66. The summed E-state index contributed by atoms with van der Waals surface area (Å²) in [6.07, 6.45) is 1.47. The number of fused-ring (bicyclic) bond motifs is 1. The molecular weight excluding hydrogens is 334 g/mol. The lowest BCUT2D eigenvalue weighted by molar-refractivity contribution is 0.0690. The minimum Gasteiger partial charge on any atom is -0.493 e. The number of rotatable bonds is 6. The van der Waals surface area contributed by atoms with Crippen molar-refractivity contribution in [2.24, 2.45) is 0 Å². The molecule has 0 radical (unpaired) electrons. The normalized spacial score (nSPS) is 10.6. The lowest BCUT2D eigenvalue weighted by Gasteiger charge is -2.12. The van der Waals surface area contributed by atoms with E-state index in [4.69, 9.17) is 14.6 Å². The molecule has 26 heavy (non-hydrogen) atoms. The van der Waals surface area contributed by atoms with Crippen molar-refractivity contribution in [2.75, 3.05) is 19.5 Å². The van der Waals surface area contributed by atoms with Crippen LogP contribution in [0.1, 0.15) is 21.6 Å². The van der Waals surface area contributed by atoms with Gasteiger partial charge < -0.3 is 19.9 Å². The molecule has 0 aliphatic rings. The third kappa shape index (κ3) is 3.51. The van der Waals surface area contributed by atoms with Crippen LogP contribution in [0.3, 0.4) is 0 Å². The summed E-state index contributed by atoms with van der Waals surface area (Å²) in [5.41, 5.74) is 2.57. The maximum Gasteiger partial charge on any atom is 0.354 e. The number of aromatic nitrogens is 2. The average Bonchev–Trinajstić information content (AvgIpc) is 2.65. The highest BCUT2D eigenvalue weighted by Crippen LogP contribution is 2.28. The zero-order valence-electron chi connectivity index (χ0n) is 14.7. The van der Waals surface area contributed by atoms with Gasteiger partial charge in [-0.3, -0.25) is 0 Å². The molecule has 0 fully saturated rings. The van der Waals surface area contributed by atoms with Gasteiger partial charge in [0.1, 0.15) is 11.5 Å². The molecule has 2 heterocycles. The van der Waals surface area contributed by atoms with Crippen LogP contribution in [0.2, 0.25) is 0 Å². The van der Waals surface area contributed by atoms with Crippen molar-refractivity contribution in [3.8, 4) is 11.5 Å². The molecule has 3 aromatic rings. The molecule has 0 spiro atoms. The predicted molar refractivity (Wildman–Crippen MR) is 98.1 cm³/mol. The molecule has 2 N–H and O–H groups in total. The Hall–Kier alpha value is -3.35. The van der Waals surface area contributed by atoms with E-state index in [2.05, 4.69) is 15.3 Å². The molecule has 0 saturated carbocycles. The van der Waals surface area contributed by atoms with Crippen LogP contribution in [0, 0.1) is 6.92 Å². The molecule has 3 rings (SSSR count). The molecule has 0 atom stereocenters. The second kappa shape index (κ2) is 7.26. The summed E-state index contributed by atoms with van der Waals surface area (Å²) in [4.78, 5) is 19.5. The number of aryl methyl sites for hydroxylation is 1. The zero-order chi connectivity index (χ0) is 18.7. The van der Waals surface area contributed by atoms with Crippen LogP contribution < -0.4 is 14.8 Å². The van der Waals surface area contributed by atoms with Crippen LogP contribution in [0.25, 0.3) is 10.9 Å². The summed E-state index contributed by atoms with van der Waals surface area (Å²) >= 11 is 0. The third-order valence-corrected chi connectivity index (χ3v) is 4.02. The first kappa shape index (κ1) is 17.5. The van der Waals surface area contributed by atoms with Gasteiger partial charge in [-0.1, -0.05) is 6.07 Å². The van der Waals surface area contributed by atoms with E-state index in [0.29, 0.717) is 23.6 Å². The maximum absolute atomic E-state index is 11.0. The van der Waals surface area contributed by atoms with Crippen molar-refractivity contribution in [2.45, 2.75) is 13.5 Å². The van der Waals surface area contributed by atoms with Crippen molar-refractivity contribution >= 4 is 22.7 Å². The van der Waals surface area contributed by atoms with E-state index in [1.807, 2.05) is 31.2 Å². The Balaban J connectivity index is 1.84. The van der Waals surface area contributed by atoms with E-state index in [1.165, 1.54) is 12.3 Å². The zero-order valence-corrected chi connectivity index (χ0v) is 14.7. The van der Waals surface area contributed by atoms with Crippen molar-refractivity contribution in [1.29, 1.82) is 0 Å². The van der Waals surface area contributed by atoms with Crippen LogP contribution >= 0.6 is 0 Å². The molecule has 0 aliphatic heterocycles. The number of ether oxygens (including phenoxy) is 2. The highest BCUT2D eigenvalue weighted by molar-refractivity contribution is 5.91. The Morgan fingerprint density at radius 1 is 1.15 bits per heavy atom. The Labute approximate surface area is 150 Å². The number of aromatic carboxylic acids is 1. The summed E-state index contributed by atoms with van der Waals surface area (Å²) < 4.78 is 10.6. The number of anilines is 1. The van der Waals surface area contributed by atoms with Crippen molar-refractivity contribution in [3.63, 3.8) is 0 Å². The molecule has 134 valence electrons. The number of carboxylic acid groups (broad SMARTS) is 1. The summed E-state index contributed by atoms with van der Waals surface area (Å²) in [7, 11) is 3.20. The SMILES string of the molecule is COc1ccc(CNc2nc3cnc(C(=O)O)cc3cc2C)cc1OC. The number of nitrogens with one attached hydrogen (secondary N) is 1. The fourth-order valence-electron chi connectivity index (χ4n) is 2.66. The van der Waals surface area contributed by atoms with Gasteiger partial charge in [0, 0.05) is 11.9 Å². The summed E-state index contributed by atoms with van der Waals surface area (Å²) in [5.74, 6) is 1.01. The Morgan fingerprint density at radius 2 is 1.92 bits per heavy atom. The molecule has 7 heteroatoms. The maximum atomic E-state index is 11.0. The van der Waals surface area contributed by atoms with E-state index in [-0.39, 0.29) is 5.69 Å². The summed E-state index contributed by atoms with van der Waals surface area (Å²) in [5, 5.41) is 13.1. The standard InChI is InChI=1S/C19H19N3O4/c1-11-6-13-8-14(19(23)24)20-10-15(13)22-18(11)21-9-12-4-5-16(25-2)17(7-12)26-3/h4-8,10H,9H2,1-3H3,(H,21,22)(H,23,24). The number of carboxylic acids is 1. The molecular formula is C19H19N3O4. The molecule has 2 aromatic heterocycles. The number of methoxy groups -OCH3 is 2.